The quantitative estimate of drug-likeness (QED) is 0.720. The van der Waals surface area contributed by atoms with Gasteiger partial charge in [0.05, 0.1) is 6.04 Å². The molecule has 1 N–H and O–H groups in total. The number of aromatic amines is 1. The van der Waals surface area contributed by atoms with Gasteiger partial charge in [0, 0.05) is 23.1 Å². The van der Waals surface area contributed by atoms with Crippen LogP contribution in [-0.2, 0) is 6.42 Å². The predicted molar refractivity (Wildman–Crippen MR) is 86.3 cm³/mol. The van der Waals surface area contributed by atoms with E-state index in [1.165, 1.54) is 55.4 Å². The molecule has 1 fully saturated rings. The van der Waals surface area contributed by atoms with Crippen molar-refractivity contribution in [3.63, 3.8) is 0 Å². The molecule has 1 aromatic heterocycles. The molecule has 3 aliphatic rings. The molecule has 2 nitrogen and oxygen atoms in total. The van der Waals surface area contributed by atoms with E-state index in [0.717, 1.165) is 11.8 Å². The summed E-state index contributed by atoms with van der Waals surface area (Å²) in [5.74, 6) is 1.69. The number of aryl methyl sites for hydroxylation is 1. The van der Waals surface area contributed by atoms with Gasteiger partial charge in [-0.3, -0.25) is 4.90 Å². The van der Waals surface area contributed by atoms with E-state index in [2.05, 4.69) is 46.3 Å². The number of fused-ring (bicyclic) bond motifs is 7. The van der Waals surface area contributed by atoms with Gasteiger partial charge in [0.2, 0.25) is 0 Å². The van der Waals surface area contributed by atoms with Gasteiger partial charge in [-0.15, -0.1) is 0 Å². The lowest BCUT2D eigenvalue weighted by Gasteiger charge is -2.27. The van der Waals surface area contributed by atoms with Crippen LogP contribution in [0.3, 0.4) is 0 Å². The summed E-state index contributed by atoms with van der Waals surface area (Å²) < 4.78 is 0. The lowest BCUT2D eigenvalue weighted by molar-refractivity contribution is 0.229. The van der Waals surface area contributed by atoms with Crippen LogP contribution in [0.25, 0.3) is 10.9 Å². The first-order chi connectivity index (χ1) is 10.4. The Morgan fingerprint density at radius 2 is 2.00 bits per heavy atom. The summed E-state index contributed by atoms with van der Waals surface area (Å²) in [6, 6.07) is 9.50. The van der Waals surface area contributed by atoms with Gasteiger partial charge in [-0.25, -0.2) is 0 Å². The minimum atomic E-state index is 0.629. The maximum absolute atomic E-state index is 3.79. The fraction of sp³-hybridized carbons (Fsp3) is 0.474. The van der Waals surface area contributed by atoms with E-state index >= 15 is 0 Å². The Labute approximate surface area is 125 Å². The number of hydrogen-bond donors (Lipinski definition) is 1. The summed E-state index contributed by atoms with van der Waals surface area (Å²) in [4.78, 5) is 6.56. The maximum atomic E-state index is 3.79. The lowest BCUT2D eigenvalue weighted by Crippen LogP contribution is -2.25. The highest BCUT2D eigenvalue weighted by Crippen LogP contribution is 2.48. The van der Waals surface area contributed by atoms with E-state index in [0.29, 0.717) is 6.04 Å². The number of nitrogens with zero attached hydrogens (tertiary/aromatic N) is 1. The number of rotatable bonds is 0. The van der Waals surface area contributed by atoms with Crippen molar-refractivity contribution in [3.8, 4) is 0 Å². The minimum Gasteiger partial charge on any atom is -0.357 e. The monoisotopic (exact) mass is 278 g/mol. The number of aromatic nitrogens is 1. The van der Waals surface area contributed by atoms with Crippen LogP contribution in [0.15, 0.2) is 36.4 Å². The Hall–Kier alpha value is -1.54. The van der Waals surface area contributed by atoms with Crippen molar-refractivity contribution in [3.05, 3.63) is 47.7 Å². The molecule has 0 spiro atoms. The molecule has 1 saturated heterocycles. The molecule has 0 radical (unpaired) electrons. The fourth-order valence-corrected chi connectivity index (χ4v) is 5.00. The zero-order chi connectivity index (χ0) is 13.8. The molecule has 0 bridgehead atoms. The van der Waals surface area contributed by atoms with Crippen LogP contribution < -0.4 is 0 Å². The molecule has 3 atom stereocenters. The zero-order valence-corrected chi connectivity index (χ0v) is 12.4. The van der Waals surface area contributed by atoms with Gasteiger partial charge in [-0.1, -0.05) is 30.4 Å². The van der Waals surface area contributed by atoms with Crippen LogP contribution in [-0.4, -0.2) is 23.0 Å². The van der Waals surface area contributed by atoms with Gasteiger partial charge in [0.1, 0.15) is 0 Å². The summed E-state index contributed by atoms with van der Waals surface area (Å²) in [5, 5.41) is 1.46. The molecule has 1 aromatic carbocycles. The second-order valence-electron chi connectivity index (χ2n) is 6.97. The maximum Gasteiger partial charge on any atom is 0.0536 e. The molecule has 2 aliphatic heterocycles. The Balaban J connectivity index is 1.69. The first kappa shape index (κ1) is 12.0. The second-order valence-corrected chi connectivity index (χ2v) is 6.97. The molecule has 2 aromatic rings. The van der Waals surface area contributed by atoms with Crippen molar-refractivity contribution >= 4 is 10.9 Å². The van der Waals surface area contributed by atoms with Gasteiger partial charge in [0.15, 0.2) is 0 Å². The first-order valence-electron chi connectivity index (χ1n) is 8.40. The second kappa shape index (κ2) is 4.48. The largest absolute Gasteiger partial charge is 0.357 e. The Morgan fingerprint density at radius 1 is 1.10 bits per heavy atom. The minimum absolute atomic E-state index is 0.629. The lowest BCUT2D eigenvalue weighted by atomic mass is 9.80. The van der Waals surface area contributed by atoms with Crippen LogP contribution in [0.5, 0.6) is 0 Å². The van der Waals surface area contributed by atoms with Crippen LogP contribution in [0.1, 0.15) is 36.6 Å². The number of allylic oxidation sites excluding steroid dienone is 2. The Kier molecular flexibility index (Phi) is 2.57. The molecule has 108 valence electrons. The van der Waals surface area contributed by atoms with Gasteiger partial charge in [-0.05, 0) is 55.7 Å². The summed E-state index contributed by atoms with van der Waals surface area (Å²) in [6.07, 6.45) is 9.91. The standard InChI is InChI=1S/C19H22N2/c1-2-7-14-13(6-1)12-21-11-5-9-16-15-8-3-4-10-17(15)20-18(16)19(14)21/h1-4,8,10,13-14,19-20H,5-7,9,11-12H2. The molecule has 5 rings (SSSR count). The molecular formula is C19H22N2. The topological polar surface area (TPSA) is 19.0 Å². The van der Waals surface area contributed by atoms with E-state index in [-0.39, 0.29) is 0 Å². The normalized spacial score (nSPS) is 31.7. The van der Waals surface area contributed by atoms with Crippen LogP contribution in [0.2, 0.25) is 0 Å². The number of H-pyrrole nitrogens is 1. The van der Waals surface area contributed by atoms with Crippen LogP contribution in [0.4, 0.5) is 0 Å². The van der Waals surface area contributed by atoms with Gasteiger partial charge in [0.25, 0.3) is 0 Å². The molecule has 0 saturated carbocycles. The van der Waals surface area contributed by atoms with Crippen molar-refractivity contribution in [2.24, 2.45) is 11.8 Å². The van der Waals surface area contributed by atoms with Crippen molar-refractivity contribution < 1.29 is 0 Å². The Morgan fingerprint density at radius 3 is 3.00 bits per heavy atom. The van der Waals surface area contributed by atoms with E-state index in [1.807, 2.05) is 0 Å². The van der Waals surface area contributed by atoms with Crippen molar-refractivity contribution in [2.45, 2.75) is 31.7 Å². The summed E-state index contributed by atoms with van der Waals surface area (Å²) >= 11 is 0. The smallest absolute Gasteiger partial charge is 0.0536 e. The average Bonchev–Trinajstić information content (AvgIpc) is 3.00. The summed E-state index contributed by atoms with van der Waals surface area (Å²) in [7, 11) is 0. The number of benzene rings is 1. The predicted octanol–water partition coefficient (Wildman–Crippen LogP) is 4.05. The summed E-state index contributed by atoms with van der Waals surface area (Å²) in [5.41, 5.74) is 4.48. The molecule has 1 aliphatic carbocycles. The van der Waals surface area contributed by atoms with Gasteiger partial charge < -0.3 is 4.98 Å². The molecule has 3 heterocycles. The Bertz CT molecular complexity index is 711. The molecule has 2 heteroatoms. The van der Waals surface area contributed by atoms with E-state index in [4.69, 9.17) is 0 Å². The number of hydrogen-bond acceptors (Lipinski definition) is 1. The third kappa shape index (κ3) is 1.69. The van der Waals surface area contributed by atoms with Gasteiger partial charge in [-0.2, -0.15) is 0 Å². The molecule has 21 heavy (non-hydrogen) atoms. The highest BCUT2D eigenvalue weighted by atomic mass is 15.2. The van der Waals surface area contributed by atoms with Gasteiger partial charge >= 0.3 is 0 Å². The molecular weight excluding hydrogens is 256 g/mol. The van der Waals surface area contributed by atoms with Crippen molar-refractivity contribution in [1.82, 2.24) is 9.88 Å². The van der Waals surface area contributed by atoms with Crippen molar-refractivity contribution in [1.29, 1.82) is 0 Å². The SMILES string of the molecule is C1=CCC2C(C1)CN1CCCc3c([nH]c4ccccc34)C21. The van der Waals surface area contributed by atoms with Crippen molar-refractivity contribution in [2.75, 3.05) is 13.1 Å². The molecule has 0 amide bonds. The fourth-order valence-electron chi connectivity index (χ4n) is 5.00. The third-order valence-corrected chi connectivity index (χ3v) is 5.90. The third-order valence-electron chi connectivity index (χ3n) is 5.90. The number of para-hydroxylation sites is 1. The summed E-state index contributed by atoms with van der Waals surface area (Å²) in [6.45, 7) is 2.57. The highest BCUT2D eigenvalue weighted by Gasteiger charge is 2.44. The zero-order valence-electron chi connectivity index (χ0n) is 12.4. The first-order valence-corrected chi connectivity index (χ1v) is 8.40. The van der Waals surface area contributed by atoms with E-state index in [9.17, 15) is 0 Å². The number of nitrogens with one attached hydrogen (secondary N) is 1. The van der Waals surface area contributed by atoms with E-state index in [1.54, 1.807) is 5.56 Å². The van der Waals surface area contributed by atoms with Crippen LogP contribution in [0, 0.1) is 11.8 Å². The van der Waals surface area contributed by atoms with E-state index < -0.39 is 0 Å². The highest BCUT2D eigenvalue weighted by molar-refractivity contribution is 5.85. The molecule has 3 unspecified atom stereocenters. The average molecular weight is 278 g/mol. The van der Waals surface area contributed by atoms with Crippen LogP contribution >= 0.6 is 0 Å².